The Labute approximate surface area is 137 Å². The lowest BCUT2D eigenvalue weighted by Crippen LogP contribution is -2.32. The van der Waals surface area contributed by atoms with Gasteiger partial charge >= 0.3 is 5.89 Å². The molecule has 122 valence electrons. The zero-order valence-corrected chi connectivity index (χ0v) is 13.1. The molecule has 7 nitrogen and oxygen atoms in total. The van der Waals surface area contributed by atoms with Gasteiger partial charge in [0.1, 0.15) is 12.8 Å². The van der Waals surface area contributed by atoms with Gasteiger partial charge in [-0.15, -0.1) is 0 Å². The van der Waals surface area contributed by atoms with E-state index in [1.54, 1.807) is 38.4 Å². The van der Waals surface area contributed by atoms with Crippen molar-refractivity contribution >= 4 is 5.69 Å². The molecule has 1 heterocycles. The number of ether oxygens (including phenoxy) is 1. The number of oxazole rings is 1. The molecule has 0 fully saturated rings. The van der Waals surface area contributed by atoms with Crippen LogP contribution >= 0.6 is 0 Å². The van der Waals surface area contributed by atoms with Crippen molar-refractivity contribution in [3.8, 4) is 34.4 Å². The summed E-state index contributed by atoms with van der Waals surface area (Å²) >= 11 is 0. The minimum Gasteiger partial charge on any atom is -0.820 e. The zero-order chi connectivity index (χ0) is 17.3. The fourth-order valence-electron chi connectivity index (χ4n) is 2.36. The van der Waals surface area contributed by atoms with Crippen molar-refractivity contribution in [2.45, 2.75) is 0 Å². The number of hydrogen-bond donors (Lipinski definition) is 0. The number of methoxy groups -OCH3 is 1. The van der Waals surface area contributed by atoms with E-state index in [0.717, 1.165) is 5.56 Å². The fraction of sp³-hybridized carbons (Fsp3) is 0.118. The monoisotopic (exact) mass is 326 g/mol. The lowest BCUT2D eigenvalue weighted by atomic mass is 10.1. The second-order valence-corrected chi connectivity index (χ2v) is 5.13. The SMILES string of the molecule is COc1ccc(-c2oc(-c3ccc([N+](=O)[O-])cc3)c([O-])[n+]2C)cc1. The summed E-state index contributed by atoms with van der Waals surface area (Å²) in [5.41, 5.74) is 1.17. The summed E-state index contributed by atoms with van der Waals surface area (Å²) in [7, 11) is 3.19. The van der Waals surface area contributed by atoms with Gasteiger partial charge in [-0.05, 0) is 36.4 Å². The lowest BCUT2D eigenvalue weighted by molar-refractivity contribution is -0.704. The molecule has 0 atom stereocenters. The minimum absolute atomic E-state index is 0.0440. The third-order valence-electron chi connectivity index (χ3n) is 3.68. The Morgan fingerprint density at radius 3 is 2.17 bits per heavy atom. The molecule has 0 aliphatic rings. The quantitative estimate of drug-likeness (QED) is 0.417. The maximum Gasteiger partial charge on any atom is 0.380 e. The first-order chi connectivity index (χ1) is 11.5. The van der Waals surface area contributed by atoms with E-state index in [4.69, 9.17) is 9.15 Å². The predicted molar refractivity (Wildman–Crippen MR) is 83.4 cm³/mol. The Morgan fingerprint density at radius 1 is 1.04 bits per heavy atom. The van der Waals surface area contributed by atoms with E-state index in [2.05, 4.69) is 0 Å². The highest BCUT2D eigenvalue weighted by atomic mass is 16.6. The molecule has 3 aromatic rings. The highest BCUT2D eigenvalue weighted by molar-refractivity contribution is 5.64. The molecule has 0 amide bonds. The summed E-state index contributed by atoms with van der Waals surface area (Å²) in [6.45, 7) is 0. The van der Waals surface area contributed by atoms with Crippen molar-refractivity contribution in [1.29, 1.82) is 0 Å². The van der Waals surface area contributed by atoms with Crippen molar-refractivity contribution < 1.29 is 23.8 Å². The Kier molecular flexibility index (Phi) is 3.91. The molecule has 1 aromatic heterocycles. The molecule has 0 spiro atoms. The van der Waals surface area contributed by atoms with E-state index < -0.39 is 4.92 Å². The van der Waals surface area contributed by atoms with Crippen LogP contribution in [-0.2, 0) is 7.05 Å². The topological polar surface area (TPSA) is 92.5 Å². The van der Waals surface area contributed by atoms with Crippen molar-refractivity contribution in [3.05, 3.63) is 58.6 Å². The molecule has 0 bridgehead atoms. The standard InChI is InChI=1S/C17H14N2O5/c1-18-16(20)15(11-3-7-13(8-4-11)19(21)22)24-17(18)12-5-9-14(23-2)10-6-12/h3-10H,1-2H3. The fourth-order valence-corrected chi connectivity index (χ4v) is 2.36. The normalized spacial score (nSPS) is 10.6. The summed E-state index contributed by atoms with van der Waals surface area (Å²) in [5, 5.41) is 23.1. The molecule has 0 unspecified atom stereocenters. The van der Waals surface area contributed by atoms with Crippen LogP contribution in [0.1, 0.15) is 0 Å². The summed E-state index contributed by atoms with van der Waals surface area (Å²) in [6.07, 6.45) is 0. The van der Waals surface area contributed by atoms with Gasteiger partial charge in [0, 0.05) is 17.7 Å². The number of rotatable bonds is 4. The van der Waals surface area contributed by atoms with Crippen LogP contribution < -0.4 is 14.4 Å². The van der Waals surface area contributed by atoms with Crippen LogP contribution in [0.5, 0.6) is 11.6 Å². The first-order valence-corrected chi connectivity index (χ1v) is 7.10. The van der Waals surface area contributed by atoms with Crippen molar-refractivity contribution in [3.63, 3.8) is 0 Å². The Hall–Kier alpha value is -3.35. The third-order valence-corrected chi connectivity index (χ3v) is 3.68. The maximum atomic E-state index is 12.4. The van der Waals surface area contributed by atoms with Crippen LogP contribution in [0.2, 0.25) is 0 Å². The van der Waals surface area contributed by atoms with Gasteiger partial charge in [-0.1, -0.05) is 0 Å². The van der Waals surface area contributed by atoms with Crippen LogP contribution in [0.3, 0.4) is 0 Å². The van der Waals surface area contributed by atoms with Crippen molar-refractivity contribution in [2.75, 3.05) is 7.11 Å². The van der Waals surface area contributed by atoms with E-state index in [-0.39, 0.29) is 17.3 Å². The van der Waals surface area contributed by atoms with Crippen LogP contribution in [0, 0.1) is 10.1 Å². The number of nitro groups is 1. The smallest absolute Gasteiger partial charge is 0.380 e. The molecule has 0 radical (unpaired) electrons. The number of benzene rings is 2. The van der Waals surface area contributed by atoms with E-state index in [1.165, 1.54) is 28.8 Å². The molecule has 0 saturated heterocycles. The van der Waals surface area contributed by atoms with Gasteiger partial charge in [0.2, 0.25) is 0 Å². The zero-order valence-electron chi connectivity index (χ0n) is 13.1. The van der Waals surface area contributed by atoms with E-state index in [1.807, 2.05) is 0 Å². The molecule has 3 rings (SSSR count). The summed E-state index contributed by atoms with van der Waals surface area (Å²) in [6, 6.07) is 12.8. The van der Waals surface area contributed by atoms with Crippen LogP contribution in [0.25, 0.3) is 22.8 Å². The van der Waals surface area contributed by atoms with E-state index >= 15 is 0 Å². The molecular weight excluding hydrogens is 312 g/mol. The van der Waals surface area contributed by atoms with Gasteiger partial charge in [-0.2, -0.15) is 4.57 Å². The van der Waals surface area contributed by atoms with Crippen LogP contribution in [-0.4, -0.2) is 12.0 Å². The molecular formula is C17H14N2O5. The lowest BCUT2D eigenvalue weighted by Gasteiger charge is -2.00. The first kappa shape index (κ1) is 15.5. The number of non-ortho nitro benzene ring substituents is 1. The van der Waals surface area contributed by atoms with E-state index in [9.17, 15) is 15.2 Å². The number of nitro benzene ring substituents is 1. The second-order valence-electron chi connectivity index (χ2n) is 5.13. The van der Waals surface area contributed by atoms with Crippen LogP contribution in [0.15, 0.2) is 52.9 Å². The summed E-state index contributed by atoms with van der Waals surface area (Å²) in [4.78, 5) is 10.2. The van der Waals surface area contributed by atoms with Gasteiger partial charge in [0.15, 0.2) is 11.6 Å². The average Bonchev–Trinajstić information content (AvgIpc) is 2.90. The summed E-state index contributed by atoms with van der Waals surface area (Å²) < 4.78 is 12.2. The van der Waals surface area contributed by atoms with Gasteiger partial charge in [0.25, 0.3) is 5.69 Å². The third kappa shape index (κ3) is 2.67. The first-order valence-electron chi connectivity index (χ1n) is 7.10. The number of aromatic nitrogens is 1. The predicted octanol–water partition coefficient (Wildman–Crippen LogP) is 2.43. The highest BCUT2D eigenvalue weighted by Crippen LogP contribution is 2.32. The van der Waals surface area contributed by atoms with Crippen molar-refractivity contribution in [2.24, 2.45) is 7.05 Å². The maximum absolute atomic E-state index is 12.4. The largest absolute Gasteiger partial charge is 0.820 e. The van der Waals surface area contributed by atoms with Gasteiger partial charge in [-0.3, -0.25) is 10.1 Å². The van der Waals surface area contributed by atoms with E-state index in [0.29, 0.717) is 17.2 Å². The Balaban J connectivity index is 2.02. The molecule has 0 N–H and O–H groups in total. The van der Waals surface area contributed by atoms with Gasteiger partial charge < -0.3 is 14.3 Å². The van der Waals surface area contributed by atoms with Crippen molar-refractivity contribution in [1.82, 2.24) is 0 Å². The van der Waals surface area contributed by atoms with Crippen LogP contribution in [0.4, 0.5) is 5.69 Å². The van der Waals surface area contributed by atoms with Gasteiger partial charge in [-0.25, -0.2) is 0 Å². The molecule has 0 aliphatic carbocycles. The second kappa shape index (κ2) is 6.04. The van der Waals surface area contributed by atoms with Gasteiger partial charge in [0.05, 0.1) is 17.6 Å². The molecule has 0 saturated carbocycles. The molecule has 2 aromatic carbocycles. The average molecular weight is 326 g/mol. The highest BCUT2D eigenvalue weighted by Gasteiger charge is 2.22. The Morgan fingerprint density at radius 2 is 1.62 bits per heavy atom. The summed E-state index contributed by atoms with van der Waals surface area (Å²) in [5.74, 6) is 0.926. The number of nitrogens with zero attached hydrogens (tertiary/aromatic N) is 2. The molecule has 24 heavy (non-hydrogen) atoms. The minimum atomic E-state index is -0.493. The Bertz CT molecular complexity index is 883. The molecule has 7 heteroatoms. The number of hydrogen-bond acceptors (Lipinski definition) is 5. The molecule has 0 aliphatic heterocycles.